The van der Waals surface area contributed by atoms with E-state index in [1.807, 2.05) is 0 Å². The van der Waals surface area contributed by atoms with E-state index >= 15 is 0 Å². The van der Waals surface area contributed by atoms with E-state index in [0.717, 1.165) is 6.29 Å². The van der Waals surface area contributed by atoms with Gasteiger partial charge in [-0.15, -0.1) is 0 Å². The quantitative estimate of drug-likeness (QED) is 0.432. The van der Waals surface area contributed by atoms with E-state index < -0.39 is 0 Å². The number of carbonyl (C=O) groups excluding carboxylic acids is 1. The maximum Gasteiger partial charge on any atom is 0.156 e. The van der Waals surface area contributed by atoms with Gasteiger partial charge in [-0.05, 0) is 6.08 Å². The Kier molecular flexibility index (Phi) is 9.68. The van der Waals surface area contributed by atoms with Crippen molar-refractivity contribution in [2.45, 2.75) is 6.42 Å². The molecule has 0 spiro atoms. The largest absolute Gasteiger partial charge is 0.489 e. The summed E-state index contributed by atoms with van der Waals surface area (Å²) in [7, 11) is 0. The van der Waals surface area contributed by atoms with Crippen LogP contribution in [-0.4, -0.2) is 32.7 Å². The molecule has 122 valence electrons. The summed E-state index contributed by atoms with van der Waals surface area (Å²) in [6.07, 6.45) is 2.64. The van der Waals surface area contributed by atoms with Crippen LogP contribution in [0.3, 0.4) is 0 Å². The van der Waals surface area contributed by atoms with Gasteiger partial charge in [0.25, 0.3) is 0 Å². The second-order valence-electron chi connectivity index (χ2n) is 3.94. The zero-order valence-electron chi connectivity index (χ0n) is 11.5. The number of aldehydes is 1. The third-order valence-corrected chi connectivity index (χ3v) is 3.18. The highest BCUT2D eigenvalue weighted by Crippen LogP contribution is 2.36. The summed E-state index contributed by atoms with van der Waals surface area (Å²) in [4.78, 5) is 10.1. The minimum absolute atomic E-state index is 0.117. The Bertz CT molecular complexity index is 493. The Morgan fingerprint density at radius 2 is 1.73 bits per heavy atom. The summed E-state index contributed by atoms with van der Waals surface area (Å²) in [6.45, 7) is 1.15. The smallest absolute Gasteiger partial charge is 0.156 e. The van der Waals surface area contributed by atoms with Crippen LogP contribution in [0.4, 0.5) is 0 Å². The molecular formula is C14H14Cl4O4. The minimum Gasteiger partial charge on any atom is -0.489 e. The molecule has 0 bridgehead atoms. The van der Waals surface area contributed by atoms with Crippen molar-refractivity contribution in [3.8, 4) is 11.5 Å². The fraction of sp³-hybridized carbons (Fsp3) is 0.357. The predicted octanol–water partition coefficient (Wildman–Crippen LogP) is 4.68. The first-order chi connectivity index (χ1) is 10.5. The first-order valence-electron chi connectivity index (χ1n) is 6.31. The van der Waals surface area contributed by atoms with Gasteiger partial charge in [0.2, 0.25) is 0 Å². The molecule has 8 heteroatoms. The van der Waals surface area contributed by atoms with E-state index in [1.165, 1.54) is 6.08 Å². The average Bonchev–Trinajstić information content (AvgIpc) is 2.44. The van der Waals surface area contributed by atoms with Crippen molar-refractivity contribution in [2.24, 2.45) is 0 Å². The second kappa shape index (κ2) is 11.0. The summed E-state index contributed by atoms with van der Waals surface area (Å²) < 4.78 is 16.1. The third-order valence-electron chi connectivity index (χ3n) is 2.31. The lowest BCUT2D eigenvalue weighted by atomic mass is 10.3. The molecule has 0 aliphatic rings. The molecule has 0 heterocycles. The van der Waals surface area contributed by atoms with Crippen LogP contribution in [0.15, 0.2) is 22.7 Å². The Hall–Kier alpha value is -0.650. The lowest BCUT2D eigenvalue weighted by Crippen LogP contribution is -2.08. The maximum atomic E-state index is 10.1. The van der Waals surface area contributed by atoms with E-state index in [0.29, 0.717) is 41.2 Å². The maximum absolute atomic E-state index is 10.1. The molecule has 0 aromatic heterocycles. The number of hydrogen-bond acceptors (Lipinski definition) is 4. The van der Waals surface area contributed by atoms with Gasteiger partial charge >= 0.3 is 0 Å². The Morgan fingerprint density at radius 1 is 1.05 bits per heavy atom. The van der Waals surface area contributed by atoms with Gasteiger partial charge in [-0.1, -0.05) is 46.4 Å². The molecule has 0 aliphatic heterocycles. The lowest BCUT2D eigenvalue weighted by Gasteiger charge is -2.12. The zero-order valence-corrected chi connectivity index (χ0v) is 14.5. The SMILES string of the molecule is O=CCCOCCOc1c(Cl)cc(OCC=C(Cl)Cl)cc1Cl. The van der Waals surface area contributed by atoms with Crippen LogP contribution in [0.2, 0.25) is 10.0 Å². The summed E-state index contributed by atoms with van der Waals surface area (Å²) in [6, 6.07) is 3.15. The zero-order chi connectivity index (χ0) is 16.4. The van der Waals surface area contributed by atoms with Gasteiger partial charge in [-0.25, -0.2) is 0 Å². The third kappa shape index (κ3) is 7.56. The monoisotopic (exact) mass is 386 g/mol. The average molecular weight is 388 g/mol. The second-order valence-corrected chi connectivity index (χ2v) is 5.76. The van der Waals surface area contributed by atoms with Crippen LogP contribution >= 0.6 is 46.4 Å². The molecule has 0 atom stereocenters. The van der Waals surface area contributed by atoms with Crippen molar-refractivity contribution in [2.75, 3.05) is 26.4 Å². The van der Waals surface area contributed by atoms with Gasteiger partial charge < -0.3 is 19.0 Å². The lowest BCUT2D eigenvalue weighted by molar-refractivity contribution is -0.108. The molecule has 0 unspecified atom stereocenters. The first kappa shape index (κ1) is 19.4. The number of benzene rings is 1. The Morgan fingerprint density at radius 3 is 2.32 bits per heavy atom. The van der Waals surface area contributed by atoms with Crippen molar-refractivity contribution in [1.82, 2.24) is 0 Å². The van der Waals surface area contributed by atoms with Gasteiger partial charge in [0.1, 0.15) is 29.7 Å². The van der Waals surface area contributed by atoms with E-state index in [-0.39, 0.29) is 17.7 Å². The minimum atomic E-state index is 0.117. The van der Waals surface area contributed by atoms with Crippen LogP contribution < -0.4 is 9.47 Å². The predicted molar refractivity (Wildman–Crippen MR) is 88.7 cm³/mol. The van der Waals surface area contributed by atoms with E-state index in [4.69, 9.17) is 60.6 Å². The van der Waals surface area contributed by atoms with Gasteiger partial charge in [-0.2, -0.15) is 0 Å². The fourth-order valence-electron chi connectivity index (χ4n) is 1.39. The molecule has 22 heavy (non-hydrogen) atoms. The van der Waals surface area contributed by atoms with Gasteiger partial charge in [0.15, 0.2) is 5.75 Å². The van der Waals surface area contributed by atoms with Crippen LogP contribution in [0, 0.1) is 0 Å². The molecule has 1 aromatic carbocycles. The standard InChI is InChI=1S/C14H14Cl4O4/c15-11-8-10(21-5-2-13(17)18)9-12(16)14(11)22-7-6-20-4-1-3-19/h2-3,8-9H,1,4-7H2. The Balaban J connectivity index is 2.51. The summed E-state index contributed by atoms with van der Waals surface area (Å²) in [5.41, 5.74) is 0. The van der Waals surface area contributed by atoms with Crippen molar-refractivity contribution >= 4 is 52.7 Å². The molecule has 0 N–H and O–H groups in total. The molecule has 0 fully saturated rings. The number of rotatable bonds is 10. The summed E-state index contributed by atoms with van der Waals surface area (Å²) in [5.74, 6) is 0.816. The highest BCUT2D eigenvalue weighted by atomic mass is 35.5. The molecule has 4 nitrogen and oxygen atoms in total. The highest BCUT2D eigenvalue weighted by molar-refractivity contribution is 6.55. The molecule has 1 aromatic rings. The number of halogens is 4. The molecule has 0 saturated heterocycles. The molecular weight excluding hydrogens is 374 g/mol. The molecule has 0 saturated carbocycles. The highest BCUT2D eigenvalue weighted by Gasteiger charge is 2.10. The first-order valence-corrected chi connectivity index (χ1v) is 7.83. The molecule has 0 amide bonds. The van der Waals surface area contributed by atoms with Crippen LogP contribution in [0.25, 0.3) is 0 Å². The van der Waals surface area contributed by atoms with E-state index in [9.17, 15) is 4.79 Å². The van der Waals surface area contributed by atoms with Gasteiger partial charge in [0.05, 0.1) is 23.3 Å². The van der Waals surface area contributed by atoms with Crippen LogP contribution in [0.1, 0.15) is 6.42 Å². The number of hydrogen-bond donors (Lipinski definition) is 0. The van der Waals surface area contributed by atoms with Gasteiger partial charge in [-0.3, -0.25) is 0 Å². The Labute approximate surface area is 148 Å². The fourth-order valence-corrected chi connectivity index (χ4v) is 2.10. The van der Waals surface area contributed by atoms with Crippen LogP contribution in [-0.2, 0) is 9.53 Å². The van der Waals surface area contributed by atoms with Crippen molar-refractivity contribution < 1.29 is 19.0 Å². The van der Waals surface area contributed by atoms with Crippen molar-refractivity contribution in [1.29, 1.82) is 0 Å². The number of carbonyl (C=O) groups is 1. The van der Waals surface area contributed by atoms with E-state index in [1.54, 1.807) is 12.1 Å². The van der Waals surface area contributed by atoms with E-state index in [2.05, 4.69) is 0 Å². The van der Waals surface area contributed by atoms with Crippen molar-refractivity contribution in [3.63, 3.8) is 0 Å². The molecule has 0 aliphatic carbocycles. The topological polar surface area (TPSA) is 44.8 Å². The number of ether oxygens (including phenoxy) is 3. The van der Waals surface area contributed by atoms with Gasteiger partial charge in [0, 0.05) is 18.6 Å². The van der Waals surface area contributed by atoms with Crippen LogP contribution in [0.5, 0.6) is 11.5 Å². The molecule has 1 rings (SSSR count). The van der Waals surface area contributed by atoms with Crippen molar-refractivity contribution in [3.05, 3.63) is 32.7 Å². The summed E-state index contributed by atoms with van der Waals surface area (Å²) >= 11 is 23.1. The summed E-state index contributed by atoms with van der Waals surface area (Å²) in [5, 5.41) is 0.632. The normalized spacial score (nSPS) is 10.2. The molecule has 0 radical (unpaired) electrons.